The summed E-state index contributed by atoms with van der Waals surface area (Å²) < 4.78 is 6.78. The monoisotopic (exact) mass is 362 g/mol. The summed E-state index contributed by atoms with van der Waals surface area (Å²) in [5, 5.41) is 0. The first kappa shape index (κ1) is 10.8. The molecule has 2 heteroatoms. The van der Waals surface area contributed by atoms with Crippen molar-refractivity contribution in [2.75, 3.05) is 7.11 Å². The first-order chi connectivity index (χ1) is 6.83. The van der Waals surface area contributed by atoms with Gasteiger partial charge in [0.05, 0.1) is 0 Å². The maximum absolute atomic E-state index is 5.46. The van der Waals surface area contributed by atoms with Crippen LogP contribution >= 0.6 is 0 Å². The van der Waals surface area contributed by atoms with Crippen LogP contribution in [0.5, 0.6) is 0 Å². The maximum atomic E-state index is 5.46. The van der Waals surface area contributed by atoms with E-state index in [1.165, 1.54) is 55.5 Å². The van der Waals surface area contributed by atoms with Crippen LogP contribution in [0.1, 0.15) is 32.1 Å². The van der Waals surface area contributed by atoms with E-state index in [0.717, 1.165) is 17.8 Å². The van der Waals surface area contributed by atoms with Gasteiger partial charge in [0.25, 0.3) is 0 Å². The Labute approximate surface area is 97.3 Å². The molecular weight excluding hydrogens is 344 g/mol. The SMILES string of the molecule is CO[C](=[W])[C@@H]1CC=C[C@@H]2CCCC[C@H]21. The molecule has 1 fully saturated rings. The molecule has 14 heavy (non-hydrogen) atoms. The molecule has 0 saturated heterocycles. The third-order valence-electron chi connectivity index (χ3n) is 3.67. The van der Waals surface area contributed by atoms with E-state index in [4.69, 9.17) is 4.74 Å². The summed E-state index contributed by atoms with van der Waals surface area (Å²) in [5.74, 6) is 2.47. The molecule has 3 atom stereocenters. The van der Waals surface area contributed by atoms with E-state index in [-0.39, 0.29) is 0 Å². The molecule has 2 rings (SSSR count). The van der Waals surface area contributed by atoms with E-state index in [9.17, 15) is 0 Å². The Bertz CT molecular complexity index is 247. The van der Waals surface area contributed by atoms with Gasteiger partial charge in [-0.25, -0.2) is 0 Å². The van der Waals surface area contributed by atoms with Crippen LogP contribution in [0.2, 0.25) is 0 Å². The number of rotatable bonds is 2. The Kier molecular flexibility index (Phi) is 3.73. The number of hydrogen-bond donors (Lipinski definition) is 0. The number of methoxy groups -OCH3 is 1. The normalized spacial score (nSPS) is 36.5. The van der Waals surface area contributed by atoms with Crippen molar-refractivity contribution < 1.29 is 24.1 Å². The van der Waals surface area contributed by atoms with Crippen molar-refractivity contribution in [2.24, 2.45) is 17.8 Å². The van der Waals surface area contributed by atoms with Crippen molar-refractivity contribution in [2.45, 2.75) is 32.1 Å². The van der Waals surface area contributed by atoms with Gasteiger partial charge < -0.3 is 0 Å². The van der Waals surface area contributed by atoms with Crippen molar-refractivity contribution >= 4 is 4.08 Å². The van der Waals surface area contributed by atoms with Crippen molar-refractivity contribution in [3.8, 4) is 0 Å². The average molecular weight is 362 g/mol. The van der Waals surface area contributed by atoms with Gasteiger partial charge in [0.2, 0.25) is 0 Å². The van der Waals surface area contributed by atoms with Crippen LogP contribution in [-0.2, 0) is 24.1 Å². The van der Waals surface area contributed by atoms with E-state index in [0.29, 0.717) is 0 Å². The standard InChI is InChI=1S/C12H18O.W/c1-13-9-11-7-4-6-10-5-2-3-8-12(10)11;/h4,6,10-12H,2-3,5,7-8H2,1H3;/t10-,11-,12+;/m0./s1. The van der Waals surface area contributed by atoms with Gasteiger partial charge in [-0.2, -0.15) is 0 Å². The van der Waals surface area contributed by atoms with Crippen molar-refractivity contribution in [3.05, 3.63) is 12.2 Å². The van der Waals surface area contributed by atoms with Crippen molar-refractivity contribution in [1.29, 1.82) is 0 Å². The molecule has 0 N–H and O–H groups in total. The van der Waals surface area contributed by atoms with E-state index in [1.54, 1.807) is 0 Å². The summed E-state index contributed by atoms with van der Waals surface area (Å²) in [4.78, 5) is 0. The molecule has 1 saturated carbocycles. The molecular formula is C12H18OW. The molecule has 0 spiro atoms. The molecule has 0 bridgehead atoms. The van der Waals surface area contributed by atoms with Crippen LogP contribution in [0, 0.1) is 17.8 Å². The molecule has 2 aliphatic carbocycles. The van der Waals surface area contributed by atoms with Gasteiger partial charge in [0.1, 0.15) is 0 Å². The Morgan fingerprint density at radius 2 is 2.14 bits per heavy atom. The van der Waals surface area contributed by atoms with E-state index < -0.39 is 0 Å². The van der Waals surface area contributed by atoms with Crippen molar-refractivity contribution in [1.82, 2.24) is 0 Å². The summed E-state index contributed by atoms with van der Waals surface area (Å²) in [7, 11) is 1.83. The third-order valence-corrected chi connectivity index (χ3v) is 5.36. The molecule has 0 aliphatic heterocycles. The van der Waals surface area contributed by atoms with Crippen LogP contribution in [0.25, 0.3) is 0 Å². The second-order valence-corrected chi connectivity index (χ2v) is 5.85. The minimum atomic E-state index is 0.727. The first-order valence-electron chi connectivity index (χ1n) is 5.57. The second-order valence-electron chi connectivity index (χ2n) is 4.41. The van der Waals surface area contributed by atoms with Crippen LogP contribution in [0.4, 0.5) is 0 Å². The first-order valence-corrected chi connectivity index (χ1v) is 7.04. The molecule has 2 aliphatic rings. The zero-order valence-corrected chi connectivity index (χ0v) is 11.7. The summed E-state index contributed by atoms with van der Waals surface area (Å²) in [6.45, 7) is 0. The molecule has 0 aromatic heterocycles. The molecule has 0 unspecified atom stereocenters. The van der Waals surface area contributed by atoms with Crippen LogP contribution in [0.15, 0.2) is 12.2 Å². The zero-order chi connectivity index (χ0) is 9.97. The Hall–Kier alpha value is 0.258. The molecule has 0 heterocycles. The van der Waals surface area contributed by atoms with Crippen molar-refractivity contribution in [3.63, 3.8) is 0 Å². The molecule has 0 aromatic rings. The average Bonchev–Trinajstić information content (AvgIpc) is 2.27. The zero-order valence-electron chi connectivity index (χ0n) is 8.74. The third kappa shape index (κ3) is 2.09. The van der Waals surface area contributed by atoms with Gasteiger partial charge in [-0.15, -0.1) is 0 Å². The Morgan fingerprint density at radius 1 is 1.36 bits per heavy atom. The van der Waals surface area contributed by atoms with Gasteiger partial charge in [-0.05, 0) is 0 Å². The van der Waals surface area contributed by atoms with E-state index in [1.807, 2.05) is 7.11 Å². The number of ether oxygens (including phenoxy) is 1. The van der Waals surface area contributed by atoms with Gasteiger partial charge in [0.15, 0.2) is 0 Å². The molecule has 78 valence electrons. The van der Waals surface area contributed by atoms with Crippen LogP contribution < -0.4 is 0 Å². The molecule has 0 aromatic carbocycles. The number of fused-ring (bicyclic) bond motifs is 1. The fourth-order valence-electron chi connectivity index (χ4n) is 2.92. The molecule has 0 amide bonds. The fourth-order valence-corrected chi connectivity index (χ4v) is 3.90. The summed E-state index contributed by atoms with van der Waals surface area (Å²) in [6.07, 6.45) is 11.7. The Balaban J connectivity index is 2.11. The van der Waals surface area contributed by atoms with Gasteiger partial charge in [-0.3, -0.25) is 0 Å². The van der Waals surface area contributed by atoms with E-state index in [2.05, 4.69) is 12.2 Å². The second kappa shape index (κ2) is 4.85. The van der Waals surface area contributed by atoms with Gasteiger partial charge in [-0.1, -0.05) is 0 Å². The summed E-state index contributed by atoms with van der Waals surface area (Å²) in [5.41, 5.74) is 0. The number of allylic oxidation sites excluding steroid dienone is 2. The van der Waals surface area contributed by atoms with Gasteiger partial charge in [0, 0.05) is 0 Å². The van der Waals surface area contributed by atoms with Gasteiger partial charge >= 0.3 is 97.3 Å². The minimum absolute atomic E-state index is 0.727. The summed E-state index contributed by atoms with van der Waals surface area (Å²) >= 11 is 1.52. The fraction of sp³-hybridized carbons (Fsp3) is 0.750. The Morgan fingerprint density at radius 3 is 2.93 bits per heavy atom. The predicted molar refractivity (Wildman–Crippen MR) is 54.7 cm³/mol. The quantitative estimate of drug-likeness (QED) is 0.687. The number of hydrogen-bond acceptors (Lipinski definition) is 1. The van der Waals surface area contributed by atoms with Crippen LogP contribution in [-0.4, -0.2) is 11.2 Å². The summed E-state index contributed by atoms with van der Waals surface area (Å²) in [6, 6.07) is 0. The van der Waals surface area contributed by atoms with Crippen LogP contribution in [0.3, 0.4) is 0 Å². The predicted octanol–water partition coefficient (Wildman–Crippen LogP) is 2.69. The molecule has 0 radical (unpaired) electrons. The molecule has 1 nitrogen and oxygen atoms in total. The van der Waals surface area contributed by atoms with E-state index >= 15 is 0 Å². The topological polar surface area (TPSA) is 9.23 Å².